The van der Waals surface area contributed by atoms with E-state index in [1.165, 1.54) is 15.9 Å². The van der Waals surface area contributed by atoms with Crippen molar-refractivity contribution in [3.63, 3.8) is 0 Å². The number of thiophene rings is 1. The molecule has 0 radical (unpaired) electrons. The molecule has 0 aliphatic carbocycles. The van der Waals surface area contributed by atoms with Crippen molar-refractivity contribution in [3.8, 4) is 0 Å². The Morgan fingerprint density at radius 3 is 2.81 bits per heavy atom. The lowest BCUT2D eigenvalue weighted by molar-refractivity contribution is -0.299. The number of hydrazone groups is 1. The number of aliphatic hydroxyl groups is 1. The third-order valence-corrected chi connectivity index (χ3v) is 4.79. The Labute approximate surface area is 148 Å². The molecule has 0 spiro atoms. The van der Waals surface area contributed by atoms with Gasteiger partial charge >= 0.3 is 6.18 Å². The molecule has 136 valence electrons. The van der Waals surface area contributed by atoms with E-state index in [4.69, 9.17) is 5.73 Å². The molecule has 2 aliphatic heterocycles. The summed E-state index contributed by atoms with van der Waals surface area (Å²) in [6.45, 7) is 0. The average Bonchev–Trinajstić information content (AvgIpc) is 3.19. The Balaban J connectivity index is 1.95. The summed E-state index contributed by atoms with van der Waals surface area (Å²) in [5.74, 6) is -0.338. The van der Waals surface area contributed by atoms with Gasteiger partial charge in [-0.2, -0.15) is 28.4 Å². The maximum atomic E-state index is 13.9. The van der Waals surface area contributed by atoms with Crippen LogP contribution in [0.15, 0.2) is 39.1 Å². The number of halogens is 3. The summed E-state index contributed by atoms with van der Waals surface area (Å²) >= 11 is 1.19. The molecular weight excluding hydrogens is 373 g/mol. The van der Waals surface area contributed by atoms with Crippen LogP contribution in [0.4, 0.5) is 13.2 Å². The van der Waals surface area contributed by atoms with Crippen molar-refractivity contribution in [2.24, 2.45) is 21.0 Å². The summed E-state index contributed by atoms with van der Waals surface area (Å²) < 4.78 is 42.9. The fourth-order valence-corrected chi connectivity index (χ4v) is 3.32. The van der Waals surface area contributed by atoms with E-state index in [2.05, 4.69) is 25.5 Å². The molecule has 4 rings (SSSR count). The van der Waals surface area contributed by atoms with E-state index < -0.39 is 24.3 Å². The summed E-state index contributed by atoms with van der Waals surface area (Å²) in [5.41, 5.74) is 2.29. The standard InChI is InChI=1S/C13H11F3N8OS/c14-13(15,16)12(25)5-7(8-2-1-3-26-8)19-21-11-23-6-18-20-10(23)4-9(17)22-24(11)12/h1-3,6,25H,4-5H2,(H2,17,22). The first-order chi connectivity index (χ1) is 12.3. The normalized spacial score (nSPS) is 23.2. The number of fused-ring (bicyclic) bond motifs is 3. The summed E-state index contributed by atoms with van der Waals surface area (Å²) in [6, 6.07) is 3.26. The van der Waals surface area contributed by atoms with E-state index in [0.29, 0.717) is 9.89 Å². The highest BCUT2D eigenvalue weighted by Gasteiger charge is 2.61. The van der Waals surface area contributed by atoms with Crippen molar-refractivity contribution < 1.29 is 18.3 Å². The predicted molar refractivity (Wildman–Crippen MR) is 86.5 cm³/mol. The van der Waals surface area contributed by atoms with E-state index in [1.54, 1.807) is 17.5 Å². The zero-order chi connectivity index (χ0) is 18.5. The highest BCUT2D eigenvalue weighted by molar-refractivity contribution is 7.12. The topological polar surface area (TPSA) is 117 Å². The highest BCUT2D eigenvalue weighted by atomic mass is 32.1. The van der Waals surface area contributed by atoms with Gasteiger partial charge in [-0.3, -0.25) is 4.57 Å². The van der Waals surface area contributed by atoms with Crippen LogP contribution in [0.1, 0.15) is 17.1 Å². The van der Waals surface area contributed by atoms with Gasteiger partial charge in [0, 0.05) is 0 Å². The van der Waals surface area contributed by atoms with E-state index in [1.807, 2.05) is 0 Å². The van der Waals surface area contributed by atoms with E-state index >= 15 is 0 Å². The Morgan fingerprint density at radius 2 is 2.12 bits per heavy atom. The molecule has 0 bridgehead atoms. The molecule has 1 atom stereocenters. The summed E-state index contributed by atoms with van der Waals surface area (Å²) in [4.78, 5) is 0.454. The fraction of sp³-hybridized carbons (Fsp3) is 0.308. The minimum Gasteiger partial charge on any atom is -0.385 e. The number of hydrogen-bond acceptors (Lipinski definition) is 9. The fourth-order valence-electron chi connectivity index (χ4n) is 2.61. The number of aromatic nitrogens is 3. The monoisotopic (exact) mass is 384 g/mol. The lowest BCUT2D eigenvalue weighted by Crippen LogP contribution is -2.60. The van der Waals surface area contributed by atoms with Crippen LogP contribution in [0.5, 0.6) is 0 Å². The lowest BCUT2D eigenvalue weighted by Gasteiger charge is -2.37. The van der Waals surface area contributed by atoms with Crippen LogP contribution in [0.2, 0.25) is 0 Å². The summed E-state index contributed by atoms with van der Waals surface area (Å²) in [5, 5.41) is 31.8. The molecule has 0 saturated heterocycles. The Kier molecular flexibility index (Phi) is 3.59. The van der Waals surface area contributed by atoms with E-state index in [9.17, 15) is 18.3 Å². The van der Waals surface area contributed by atoms with Gasteiger partial charge in [0.05, 0.1) is 23.4 Å². The van der Waals surface area contributed by atoms with Crippen LogP contribution >= 0.6 is 11.3 Å². The number of nitrogens with zero attached hydrogens (tertiary/aromatic N) is 7. The van der Waals surface area contributed by atoms with Gasteiger partial charge in [0.1, 0.15) is 18.0 Å². The van der Waals surface area contributed by atoms with Crippen LogP contribution < -0.4 is 5.73 Å². The quantitative estimate of drug-likeness (QED) is 0.752. The predicted octanol–water partition coefficient (Wildman–Crippen LogP) is 0.733. The van der Waals surface area contributed by atoms with Gasteiger partial charge in [-0.1, -0.05) is 6.07 Å². The Hall–Kier alpha value is -2.80. The Bertz CT molecular complexity index is 932. The van der Waals surface area contributed by atoms with Crippen molar-refractivity contribution in [2.75, 3.05) is 0 Å². The molecule has 4 heterocycles. The lowest BCUT2D eigenvalue weighted by atomic mass is 10.0. The maximum absolute atomic E-state index is 13.9. The number of amidine groups is 1. The van der Waals surface area contributed by atoms with Crippen LogP contribution in [-0.4, -0.2) is 54.3 Å². The van der Waals surface area contributed by atoms with Gasteiger partial charge in [-0.05, 0) is 11.4 Å². The second-order valence-electron chi connectivity index (χ2n) is 5.61. The van der Waals surface area contributed by atoms with Crippen LogP contribution in [-0.2, 0) is 6.42 Å². The van der Waals surface area contributed by atoms with E-state index in [0.717, 1.165) is 6.33 Å². The molecular formula is C13H11F3N8OS. The number of rotatable bonds is 1. The Morgan fingerprint density at radius 1 is 1.31 bits per heavy atom. The average molecular weight is 384 g/mol. The van der Waals surface area contributed by atoms with Gasteiger partial charge in [0.25, 0.3) is 11.7 Å². The summed E-state index contributed by atoms with van der Waals surface area (Å²) in [6.07, 6.45) is -4.83. The van der Waals surface area contributed by atoms with Gasteiger partial charge in [-0.25, -0.2) is 0 Å². The van der Waals surface area contributed by atoms with E-state index in [-0.39, 0.29) is 23.8 Å². The van der Waals surface area contributed by atoms with Gasteiger partial charge in [0.15, 0.2) is 0 Å². The summed E-state index contributed by atoms with van der Waals surface area (Å²) in [7, 11) is 0. The van der Waals surface area contributed by atoms with Gasteiger partial charge in [-0.15, -0.1) is 26.6 Å². The second kappa shape index (κ2) is 5.60. The van der Waals surface area contributed by atoms with Crippen molar-refractivity contribution in [1.82, 2.24) is 19.8 Å². The molecule has 1 unspecified atom stereocenters. The first kappa shape index (κ1) is 16.7. The van der Waals surface area contributed by atoms with Crippen molar-refractivity contribution >= 4 is 28.8 Å². The SMILES string of the molecule is NC1=NN2C(=NN=C(c3cccs3)CC2(O)C(F)(F)F)n2cnnc2C1. The van der Waals surface area contributed by atoms with Crippen molar-refractivity contribution in [2.45, 2.75) is 24.7 Å². The first-order valence-corrected chi connectivity index (χ1v) is 8.17. The van der Waals surface area contributed by atoms with Crippen molar-refractivity contribution in [3.05, 3.63) is 34.5 Å². The number of hydrogen-bond donors (Lipinski definition) is 2. The maximum Gasteiger partial charge on any atom is 0.438 e. The smallest absolute Gasteiger partial charge is 0.385 e. The third kappa shape index (κ3) is 2.47. The first-order valence-electron chi connectivity index (χ1n) is 7.29. The molecule has 2 aromatic heterocycles. The molecule has 13 heteroatoms. The molecule has 0 saturated carbocycles. The van der Waals surface area contributed by atoms with Crippen LogP contribution in [0, 0.1) is 0 Å². The highest BCUT2D eigenvalue weighted by Crippen LogP contribution is 2.40. The van der Waals surface area contributed by atoms with Crippen LogP contribution in [0.3, 0.4) is 0 Å². The zero-order valence-electron chi connectivity index (χ0n) is 12.9. The molecule has 0 aromatic carbocycles. The molecule has 2 aliphatic rings. The number of nitrogens with two attached hydrogens (primary N) is 1. The third-order valence-electron chi connectivity index (χ3n) is 3.88. The molecule has 9 nitrogen and oxygen atoms in total. The van der Waals surface area contributed by atoms with Crippen molar-refractivity contribution in [1.29, 1.82) is 0 Å². The molecule has 3 N–H and O–H groups in total. The zero-order valence-corrected chi connectivity index (χ0v) is 13.7. The molecule has 0 fully saturated rings. The largest absolute Gasteiger partial charge is 0.438 e. The molecule has 0 amide bonds. The molecule has 2 aromatic rings. The molecule has 26 heavy (non-hydrogen) atoms. The minimum absolute atomic E-state index is 0.0243. The van der Waals surface area contributed by atoms with Gasteiger partial charge < -0.3 is 10.8 Å². The minimum atomic E-state index is -5.07. The second-order valence-corrected chi connectivity index (χ2v) is 6.56. The van der Waals surface area contributed by atoms with Crippen LogP contribution in [0.25, 0.3) is 0 Å². The van der Waals surface area contributed by atoms with Gasteiger partial charge in [0.2, 0.25) is 0 Å². The number of alkyl halides is 3.